The van der Waals surface area contributed by atoms with Gasteiger partial charge in [-0.2, -0.15) is 0 Å². The molecule has 2 aromatic heterocycles. The lowest BCUT2D eigenvalue weighted by Gasteiger charge is -2.25. The van der Waals surface area contributed by atoms with Crippen molar-refractivity contribution < 1.29 is 4.79 Å². The van der Waals surface area contributed by atoms with Gasteiger partial charge in [0.1, 0.15) is 17.5 Å². The van der Waals surface area contributed by atoms with Crippen molar-refractivity contribution in [3.8, 4) is 0 Å². The Bertz CT molecular complexity index is 1370. The minimum absolute atomic E-state index is 0.0495. The molecule has 32 heavy (non-hydrogen) atoms. The predicted molar refractivity (Wildman–Crippen MR) is 131 cm³/mol. The van der Waals surface area contributed by atoms with Gasteiger partial charge in [-0.05, 0) is 46.1 Å². The van der Waals surface area contributed by atoms with Crippen molar-refractivity contribution in [1.82, 2.24) is 14.3 Å². The van der Waals surface area contributed by atoms with E-state index in [0.29, 0.717) is 28.1 Å². The molecule has 2 aliphatic heterocycles. The molecule has 0 saturated carbocycles. The summed E-state index contributed by atoms with van der Waals surface area (Å²) >= 11 is 4.77. The van der Waals surface area contributed by atoms with Gasteiger partial charge in [-0.15, -0.1) is 0 Å². The number of amidine groups is 2. The highest BCUT2D eigenvalue weighted by Gasteiger charge is 2.42. The molecule has 2 aliphatic rings. The van der Waals surface area contributed by atoms with Crippen LogP contribution in [-0.4, -0.2) is 37.2 Å². The lowest BCUT2D eigenvalue weighted by molar-refractivity contribution is -0.125. The minimum Gasteiger partial charge on any atom is -0.271 e. The maximum absolute atomic E-state index is 13.3. The third-order valence-electron chi connectivity index (χ3n) is 5.71. The average Bonchev–Trinajstić information content (AvgIpc) is 3.15. The maximum atomic E-state index is 13.3. The zero-order valence-electron chi connectivity index (χ0n) is 17.5. The number of amides is 1. The number of carbonyl (C=O) groups excluding carboxylic acids is 1. The monoisotopic (exact) mass is 509 g/mol. The fourth-order valence-corrected chi connectivity index (χ4v) is 5.03. The molecule has 0 aliphatic carbocycles. The predicted octanol–water partition coefficient (Wildman–Crippen LogP) is 4.40. The van der Waals surface area contributed by atoms with Crippen LogP contribution in [0.3, 0.4) is 0 Å². The van der Waals surface area contributed by atoms with Crippen molar-refractivity contribution in [2.24, 2.45) is 15.9 Å². The van der Waals surface area contributed by atoms with E-state index < -0.39 is 6.04 Å². The summed E-state index contributed by atoms with van der Waals surface area (Å²) in [7, 11) is 0. The van der Waals surface area contributed by atoms with Gasteiger partial charge in [-0.25, -0.2) is 14.9 Å². The van der Waals surface area contributed by atoms with E-state index in [-0.39, 0.29) is 17.4 Å². The van der Waals surface area contributed by atoms with Crippen molar-refractivity contribution in [2.75, 3.05) is 0 Å². The third-order valence-corrected chi connectivity index (χ3v) is 7.15. The number of aromatic nitrogens is 2. The van der Waals surface area contributed by atoms with Gasteiger partial charge >= 0.3 is 0 Å². The van der Waals surface area contributed by atoms with Crippen LogP contribution in [-0.2, 0) is 10.5 Å². The van der Waals surface area contributed by atoms with Crippen molar-refractivity contribution in [3.63, 3.8) is 0 Å². The number of hydrogen-bond acceptors (Lipinski definition) is 6. The fourth-order valence-electron chi connectivity index (χ4n) is 3.80. The van der Waals surface area contributed by atoms with Gasteiger partial charge in [0.2, 0.25) is 0 Å². The summed E-state index contributed by atoms with van der Waals surface area (Å²) in [5.74, 6) is 1.16. The summed E-state index contributed by atoms with van der Waals surface area (Å²) in [6.07, 6.45) is 2.56. The lowest BCUT2D eigenvalue weighted by atomic mass is 10.00. The molecule has 2 unspecified atom stereocenters. The Morgan fingerprint density at radius 3 is 2.81 bits per heavy atom. The van der Waals surface area contributed by atoms with Gasteiger partial charge in [0.05, 0.1) is 11.4 Å². The van der Waals surface area contributed by atoms with Crippen LogP contribution in [0.5, 0.6) is 0 Å². The largest absolute Gasteiger partial charge is 0.271 e. The quantitative estimate of drug-likeness (QED) is 0.522. The number of pyridine rings is 1. The van der Waals surface area contributed by atoms with Crippen LogP contribution in [0.25, 0.3) is 5.65 Å². The van der Waals surface area contributed by atoms with Gasteiger partial charge < -0.3 is 0 Å². The molecule has 0 spiro atoms. The molecule has 0 saturated heterocycles. The number of para-hydroxylation sites is 1. The SMILES string of the molecule is CCC(C)C1N=C2c3ccccc3N=C(SCc3cc(=O)n4cc(Br)ccc4n3)N2C1=O. The van der Waals surface area contributed by atoms with Gasteiger partial charge in [-0.1, -0.05) is 44.2 Å². The van der Waals surface area contributed by atoms with E-state index in [4.69, 9.17) is 9.98 Å². The van der Waals surface area contributed by atoms with Crippen LogP contribution in [0.1, 0.15) is 31.5 Å². The second kappa shape index (κ2) is 8.29. The molecule has 0 N–H and O–H groups in total. The Balaban J connectivity index is 1.49. The smallest absolute Gasteiger partial charge is 0.259 e. The topological polar surface area (TPSA) is 79.4 Å². The van der Waals surface area contributed by atoms with Crippen LogP contribution >= 0.6 is 27.7 Å². The molecule has 0 radical (unpaired) electrons. The van der Waals surface area contributed by atoms with Gasteiger partial charge in [0.25, 0.3) is 11.5 Å². The number of thioether (sulfide) groups is 1. The molecule has 5 rings (SSSR count). The normalized spacial score (nSPS) is 18.3. The maximum Gasteiger partial charge on any atom is 0.259 e. The number of halogens is 1. The second-order valence-corrected chi connectivity index (χ2v) is 9.68. The van der Waals surface area contributed by atoms with Crippen molar-refractivity contribution >= 4 is 55.9 Å². The Labute approximate surface area is 197 Å². The highest BCUT2D eigenvalue weighted by Crippen LogP contribution is 2.35. The Morgan fingerprint density at radius 2 is 2.00 bits per heavy atom. The van der Waals surface area contributed by atoms with Crippen LogP contribution < -0.4 is 5.56 Å². The molecule has 1 amide bonds. The van der Waals surface area contributed by atoms with E-state index in [1.54, 1.807) is 17.2 Å². The van der Waals surface area contributed by atoms with E-state index in [0.717, 1.165) is 22.1 Å². The van der Waals surface area contributed by atoms with Gasteiger partial charge in [0.15, 0.2) is 5.17 Å². The standard InChI is InChI=1S/C23H20BrN5O2S/c1-3-13(2)20-22(31)29-21(27-20)16-6-4-5-7-17(16)26-23(29)32-12-15-10-19(30)28-11-14(24)8-9-18(28)25-15/h4-11,13,20H,3,12H2,1-2H3. The van der Waals surface area contributed by atoms with E-state index in [9.17, 15) is 9.59 Å². The Hall–Kier alpha value is -2.78. The zero-order chi connectivity index (χ0) is 22.4. The molecule has 0 fully saturated rings. The number of benzene rings is 1. The highest BCUT2D eigenvalue weighted by molar-refractivity contribution is 9.10. The van der Waals surface area contributed by atoms with Crippen molar-refractivity contribution in [2.45, 2.75) is 32.1 Å². The molecule has 1 aromatic carbocycles. The number of hydrogen-bond donors (Lipinski definition) is 0. The van der Waals surface area contributed by atoms with Crippen molar-refractivity contribution in [3.05, 3.63) is 74.7 Å². The molecule has 2 atom stereocenters. The Kier molecular flexibility index (Phi) is 5.46. The average molecular weight is 510 g/mol. The van der Waals surface area contributed by atoms with Crippen LogP contribution in [0.2, 0.25) is 0 Å². The second-order valence-electron chi connectivity index (χ2n) is 7.82. The number of nitrogens with zero attached hydrogens (tertiary/aromatic N) is 5. The molecule has 0 bridgehead atoms. The molecule has 162 valence electrons. The summed E-state index contributed by atoms with van der Waals surface area (Å²) in [6, 6.07) is 12.5. The van der Waals surface area contributed by atoms with E-state index >= 15 is 0 Å². The number of carbonyl (C=O) groups is 1. The number of aliphatic imine (C=N–C) groups is 2. The molecule has 4 heterocycles. The first kappa shape index (κ1) is 21.1. The first-order valence-corrected chi connectivity index (χ1v) is 12.1. The van der Waals surface area contributed by atoms with E-state index in [1.807, 2.05) is 37.3 Å². The first-order valence-electron chi connectivity index (χ1n) is 10.4. The van der Waals surface area contributed by atoms with E-state index in [1.165, 1.54) is 22.2 Å². The van der Waals surface area contributed by atoms with Gasteiger partial charge in [0, 0.05) is 28.1 Å². The lowest BCUT2D eigenvalue weighted by Crippen LogP contribution is -2.42. The molecule has 3 aromatic rings. The van der Waals surface area contributed by atoms with Gasteiger partial charge in [-0.3, -0.25) is 19.0 Å². The summed E-state index contributed by atoms with van der Waals surface area (Å²) in [6.45, 7) is 4.11. The van der Waals surface area contributed by atoms with Crippen LogP contribution in [0.4, 0.5) is 5.69 Å². The molecular formula is C23H20BrN5O2S. The summed E-state index contributed by atoms with van der Waals surface area (Å²) in [4.78, 5) is 41.6. The summed E-state index contributed by atoms with van der Waals surface area (Å²) in [5.41, 5.74) is 2.71. The molecule has 7 nitrogen and oxygen atoms in total. The number of fused-ring (bicyclic) bond motifs is 4. The van der Waals surface area contributed by atoms with Crippen LogP contribution in [0, 0.1) is 5.92 Å². The third kappa shape index (κ3) is 3.59. The summed E-state index contributed by atoms with van der Waals surface area (Å²) < 4.78 is 2.31. The number of rotatable bonds is 4. The molecule has 9 heteroatoms. The fraction of sp³-hybridized carbons (Fsp3) is 0.261. The first-order chi connectivity index (χ1) is 15.5. The van der Waals surface area contributed by atoms with E-state index in [2.05, 4.69) is 27.8 Å². The highest BCUT2D eigenvalue weighted by atomic mass is 79.9. The minimum atomic E-state index is -0.408. The zero-order valence-corrected chi connectivity index (χ0v) is 19.9. The molecular weight excluding hydrogens is 490 g/mol. The summed E-state index contributed by atoms with van der Waals surface area (Å²) in [5, 5.41) is 0.566. The van der Waals surface area contributed by atoms with Crippen LogP contribution in [0.15, 0.2) is 67.9 Å². The van der Waals surface area contributed by atoms with Crippen molar-refractivity contribution in [1.29, 1.82) is 0 Å². The Morgan fingerprint density at radius 1 is 1.19 bits per heavy atom.